The van der Waals surface area contributed by atoms with Gasteiger partial charge in [-0.15, -0.1) is 0 Å². The summed E-state index contributed by atoms with van der Waals surface area (Å²) in [5, 5.41) is 6.26. The lowest BCUT2D eigenvalue weighted by molar-refractivity contribution is 0.382. The summed E-state index contributed by atoms with van der Waals surface area (Å²) in [6, 6.07) is 17.8. The van der Waals surface area contributed by atoms with Crippen LogP contribution in [-0.4, -0.2) is 23.9 Å². The minimum atomic E-state index is 0.919. The third-order valence-corrected chi connectivity index (χ3v) is 5.52. The number of benzene rings is 3. The van der Waals surface area contributed by atoms with Gasteiger partial charge in [-0.3, -0.25) is 4.99 Å². The second-order valence-corrected chi connectivity index (χ2v) is 7.43. The fraction of sp³-hybridized carbons (Fsp3) is 0.261. The van der Waals surface area contributed by atoms with Gasteiger partial charge in [-0.05, 0) is 53.8 Å². The molecule has 1 N–H and O–H groups in total. The second kappa shape index (κ2) is 5.87. The van der Waals surface area contributed by atoms with Gasteiger partial charge in [0, 0.05) is 25.2 Å². The summed E-state index contributed by atoms with van der Waals surface area (Å²) < 4.78 is 0. The van der Waals surface area contributed by atoms with E-state index in [0.717, 1.165) is 32.0 Å². The molecule has 0 saturated heterocycles. The summed E-state index contributed by atoms with van der Waals surface area (Å²) in [4.78, 5) is 7.09. The molecule has 3 nitrogen and oxygen atoms in total. The Morgan fingerprint density at radius 2 is 1.92 bits per heavy atom. The Morgan fingerprint density at radius 1 is 1.04 bits per heavy atom. The first-order valence-corrected chi connectivity index (χ1v) is 9.39. The van der Waals surface area contributed by atoms with Crippen LogP contribution in [0.25, 0.3) is 21.9 Å². The molecule has 130 valence electrons. The Hall–Kier alpha value is -2.81. The summed E-state index contributed by atoms with van der Waals surface area (Å²) in [7, 11) is 0. The van der Waals surface area contributed by atoms with Crippen LogP contribution in [0.2, 0.25) is 0 Å². The van der Waals surface area contributed by atoms with Gasteiger partial charge in [0.05, 0.1) is 5.69 Å². The number of fused-ring (bicyclic) bond motifs is 3. The Morgan fingerprint density at radius 3 is 2.85 bits per heavy atom. The molecule has 26 heavy (non-hydrogen) atoms. The number of nitrogens with zero attached hydrogens (tertiary/aromatic N) is 2. The largest absolute Gasteiger partial charge is 0.338 e. The number of aliphatic imine (C=N–C) groups is 1. The lowest BCUT2D eigenvalue weighted by atomic mass is 9.89. The molecule has 5 rings (SSSR count). The van der Waals surface area contributed by atoms with Gasteiger partial charge in [-0.2, -0.15) is 0 Å². The van der Waals surface area contributed by atoms with Crippen LogP contribution in [0.1, 0.15) is 23.1 Å². The summed E-state index contributed by atoms with van der Waals surface area (Å²) in [6.07, 6.45) is 1.14. The normalized spacial score (nSPS) is 15.9. The molecular weight excluding hydrogens is 318 g/mol. The quantitative estimate of drug-likeness (QED) is 0.666. The van der Waals surface area contributed by atoms with Gasteiger partial charge in [0.2, 0.25) is 0 Å². The Bertz CT molecular complexity index is 1050. The highest BCUT2D eigenvalue weighted by molar-refractivity contribution is 6.06. The van der Waals surface area contributed by atoms with Crippen molar-refractivity contribution >= 4 is 22.4 Å². The van der Waals surface area contributed by atoms with Crippen molar-refractivity contribution in [2.45, 2.75) is 26.8 Å². The van der Waals surface area contributed by atoms with Crippen molar-refractivity contribution in [2.75, 3.05) is 18.4 Å². The molecule has 2 aliphatic heterocycles. The fourth-order valence-corrected chi connectivity index (χ4v) is 4.31. The summed E-state index contributed by atoms with van der Waals surface area (Å²) in [6.45, 7) is 7.36. The molecule has 0 saturated carbocycles. The molecule has 0 radical (unpaired) electrons. The van der Waals surface area contributed by atoms with E-state index < -0.39 is 0 Å². The van der Waals surface area contributed by atoms with Crippen LogP contribution in [-0.2, 0) is 6.54 Å². The molecular formula is C23H23N3. The number of hydrogen-bond acceptors (Lipinski definition) is 3. The van der Waals surface area contributed by atoms with Crippen LogP contribution in [0.5, 0.6) is 0 Å². The number of nitrogens with one attached hydrogen (secondary N) is 1. The maximum Gasteiger partial charge on any atom is 0.198 e. The van der Waals surface area contributed by atoms with Gasteiger partial charge < -0.3 is 10.2 Å². The van der Waals surface area contributed by atoms with E-state index >= 15 is 0 Å². The van der Waals surface area contributed by atoms with Gasteiger partial charge in [-0.25, -0.2) is 0 Å². The van der Waals surface area contributed by atoms with Crippen molar-refractivity contribution in [3.05, 3.63) is 65.2 Å². The highest BCUT2D eigenvalue weighted by Gasteiger charge is 2.26. The van der Waals surface area contributed by atoms with Crippen LogP contribution in [0.3, 0.4) is 0 Å². The molecule has 0 amide bonds. The Kier molecular flexibility index (Phi) is 3.49. The Labute approximate surface area is 154 Å². The third kappa shape index (κ3) is 2.38. The van der Waals surface area contributed by atoms with E-state index in [2.05, 4.69) is 72.6 Å². The van der Waals surface area contributed by atoms with E-state index in [1.54, 1.807) is 0 Å². The molecule has 0 unspecified atom stereocenters. The average molecular weight is 341 g/mol. The van der Waals surface area contributed by atoms with Gasteiger partial charge in [-0.1, -0.05) is 48.0 Å². The minimum Gasteiger partial charge on any atom is -0.338 e. The maximum atomic E-state index is 4.72. The van der Waals surface area contributed by atoms with Gasteiger partial charge >= 0.3 is 0 Å². The molecule has 0 bridgehead atoms. The lowest BCUT2D eigenvalue weighted by Gasteiger charge is -2.36. The van der Waals surface area contributed by atoms with E-state index in [1.165, 1.54) is 44.3 Å². The number of anilines is 1. The third-order valence-electron chi connectivity index (χ3n) is 5.52. The molecule has 3 aromatic rings. The zero-order chi connectivity index (χ0) is 17.7. The van der Waals surface area contributed by atoms with Crippen molar-refractivity contribution in [1.29, 1.82) is 0 Å². The molecule has 0 aromatic heterocycles. The molecule has 0 spiro atoms. The van der Waals surface area contributed by atoms with E-state index in [0.29, 0.717) is 0 Å². The molecule has 2 aliphatic rings. The number of hydrogen-bond donors (Lipinski definition) is 1. The first kappa shape index (κ1) is 15.4. The van der Waals surface area contributed by atoms with Crippen molar-refractivity contribution in [1.82, 2.24) is 4.90 Å². The zero-order valence-corrected chi connectivity index (χ0v) is 15.3. The second-order valence-electron chi connectivity index (χ2n) is 7.43. The fourth-order valence-electron chi connectivity index (χ4n) is 4.31. The van der Waals surface area contributed by atoms with Gasteiger partial charge in [0.25, 0.3) is 0 Å². The maximum absolute atomic E-state index is 4.72. The van der Waals surface area contributed by atoms with Crippen LogP contribution in [0.4, 0.5) is 5.69 Å². The van der Waals surface area contributed by atoms with Crippen molar-refractivity contribution in [3.63, 3.8) is 0 Å². The first-order valence-electron chi connectivity index (χ1n) is 9.39. The van der Waals surface area contributed by atoms with E-state index in [-0.39, 0.29) is 0 Å². The number of guanidine groups is 1. The summed E-state index contributed by atoms with van der Waals surface area (Å²) in [5.41, 5.74) is 7.85. The van der Waals surface area contributed by atoms with Gasteiger partial charge in [0.1, 0.15) is 0 Å². The Balaban J connectivity index is 1.78. The number of aryl methyl sites for hydroxylation is 2. The van der Waals surface area contributed by atoms with Crippen LogP contribution < -0.4 is 5.32 Å². The molecule has 3 aromatic carbocycles. The lowest BCUT2D eigenvalue weighted by Crippen LogP contribution is -2.43. The average Bonchev–Trinajstić information content (AvgIpc) is 2.66. The van der Waals surface area contributed by atoms with Crippen LogP contribution >= 0.6 is 0 Å². The van der Waals surface area contributed by atoms with E-state index in [4.69, 9.17) is 4.99 Å². The smallest absolute Gasteiger partial charge is 0.198 e. The predicted molar refractivity (Wildman–Crippen MR) is 110 cm³/mol. The monoisotopic (exact) mass is 341 g/mol. The van der Waals surface area contributed by atoms with Crippen molar-refractivity contribution < 1.29 is 0 Å². The van der Waals surface area contributed by atoms with E-state index in [1.807, 2.05) is 0 Å². The summed E-state index contributed by atoms with van der Waals surface area (Å²) >= 11 is 0. The predicted octanol–water partition coefficient (Wildman–Crippen LogP) is 5.11. The highest BCUT2D eigenvalue weighted by atomic mass is 15.3. The van der Waals surface area contributed by atoms with E-state index in [9.17, 15) is 0 Å². The summed E-state index contributed by atoms with van der Waals surface area (Å²) in [5.74, 6) is 1.03. The molecule has 0 fully saturated rings. The SMILES string of the molecule is Cc1cc2c(c(-c3c(C)ccc4ccccc34)c1)NC1=NCCCN1C2. The highest BCUT2D eigenvalue weighted by Crippen LogP contribution is 2.40. The van der Waals surface area contributed by atoms with Crippen molar-refractivity contribution in [2.24, 2.45) is 4.99 Å². The molecule has 0 aliphatic carbocycles. The van der Waals surface area contributed by atoms with Crippen molar-refractivity contribution in [3.8, 4) is 11.1 Å². The minimum absolute atomic E-state index is 0.919. The molecule has 2 heterocycles. The van der Waals surface area contributed by atoms with Gasteiger partial charge in [0.15, 0.2) is 5.96 Å². The standard InChI is InChI=1S/C23H23N3/c1-15-12-18-14-26-11-5-10-24-23(26)25-22(18)20(13-15)21-16(2)8-9-17-6-3-4-7-19(17)21/h3-4,6-9,12-13H,5,10-11,14H2,1-2H3,(H,24,25). The van der Waals surface area contributed by atoms with Crippen LogP contribution in [0, 0.1) is 13.8 Å². The topological polar surface area (TPSA) is 27.6 Å². The van der Waals surface area contributed by atoms with Crippen LogP contribution in [0.15, 0.2) is 53.5 Å². The zero-order valence-electron chi connectivity index (χ0n) is 15.3. The number of rotatable bonds is 1. The molecule has 3 heteroatoms. The molecule has 0 atom stereocenters. The first-order chi connectivity index (χ1) is 12.7.